The average molecular weight is 566 g/mol. The van der Waals surface area contributed by atoms with Crippen molar-refractivity contribution in [3.8, 4) is 12.3 Å². The lowest BCUT2D eigenvalue weighted by molar-refractivity contribution is -0.137. The van der Waals surface area contributed by atoms with Crippen LogP contribution in [0.1, 0.15) is 49.0 Å². The number of benzene rings is 1. The van der Waals surface area contributed by atoms with Crippen molar-refractivity contribution in [2.75, 3.05) is 6.54 Å². The molecule has 2 aliphatic heterocycles. The van der Waals surface area contributed by atoms with E-state index >= 15 is 0 Å². The minimum atomic E-state index is -4.71. The van der Waals surface area contributed by atoms with E-state index in [1.54, 1.807) is 38.5 Å². The topological polar surface area (TPSA) is 98.5 Å². The third kappa shape index (κ3) is 4.99. The number of carbonyl (C=O) groups excluding carboxylic acids is 3. The van der Waals surface area contributed by atoms with E-state index in [4.69, 9.17) is 11.2 Å². The Morgan fingerprint density at radius 1 is 1.15 bits per heavy atom. The van der Waals surface area contributed by atoms with Crippen molar-refractivity contribution in [3.63, 3.8) is 0 Å². The van der Waals surface area contributed by atoms with Crippen LogP contribution in [-0.4, -0.2) is 49.1 Å². The van der Waals surface area contributed by atoms with Gasteiger partial charge < -0.3 is 18.8 Å². The molecule has 5 rings (SSSR count). The molecule has 0 atom stereocenters. The molecule has 2 aromatic heterocycles. The summed E-state index contributed by atoms with van der Waals surface area (Å²) >= 11 is 0. The Kier molecular flexibility index (Phi) is 6.56. The number of aromatic nitrogens is 3. The molecule has 0 saturated heterocycles. The standard InChI is InChI=1S/C29H26F3N5O4/c1-6-7-8-37-16(2)33-13-21(37)23-22(25(38)34-26(23)39)20-15-35-9-10-36(27(40)41-28(3,4)5)14-17-11-18(29(30,31)32)12-19(20)24(17)35/h1,7-8,11-13,15H,9-10,14H2,2-5H3,(H,34,38,39)/b8-7-. The number of terminal acetylenes is 1. The van der Waals surface area contributed by atoms with Gasteiger partial charge in [0.1, 0.15) is 11.4 Å². The molecule has 2 aliphatic rings. The van der Waals surface area contributed by atoms with Crippen LogP contribution in [0, 0.1) is 19.3 Å². The van der Waals surface area contributed by atoms with Crippen molar-refractivity contribution in [2.45, 2.75) is 52.6 Å². The molecule has 0 fully saturated rings. The Bertz CT molecular complexity index is 1730. The summed E-state index contributed by atoms with van der Waals surface area (Å²) in [4.78, 5) is 44.7. The maximum Gasteiger partial charge on any atom is 0.416 e. The van der Waals surface area contributed by atoms with Gasteiger partial charge in [0.25, 0.3) is 11.8 Å². The second-order valence-corrected chi connectivity index (χ2v) is 10.7. The zero-order chi connectivity index (χ0) is 29.9. The number of allylic oxidation sites excluding steroid dienone is 1. The Morgan fingerprint density at radius 2 is 1.85 bits per heavy atom. The van der Waals surface area contributed by atoms with Crippen LogP contribution in [-0.2, 0) is 33.6 Å². The van der Waals surface area contributed by atoms with Crippen LogP contribution in [0.3, 0.4) is 0 Å². The fourth-order valence-electron chi connectivity index (χ4n) is 5.08. The minimum absolute atomic E-state index is 0.0391. The van der Waals surface area contributed by atoms with Gasteiger partial charge in [-0.15, -0.1) is 6.42 Å². The van der Waals surface area contributed by atoms with Crippen LogP contribution in [0.2, 0.25) is 0 Å². The summed E-state index contributed by atoms with van der Waals surface area (Å²) in [5.74, 6) is 1.37. The third-order valence-electron chi connectivity index (χ3n) is 6.76. The van der Waals surface area contributed by atoms with E-state index < -0.39 is 35.2 Å². The molecule has 0 aliphatic carbocycles. The number of aryl methyl sites for hydroxylation is 1. The summed E-state index contributed by atoms with van der Waals surface area (Å²) in [5.41, 5.74) is -0.794. The molecule has 0 bridgehead atoms. The van der Waals surface area contributed by atoms with Crippen LogP contribution in [0.15, 0.2) is 30.6 Å². The molecule has 0 radical (unpaired) electrons. The van der Waals surface area contributed by atoms with Crippen LogP contribution in [0.5, 0.6) is 0 Å². The number of amides is 3. The number of halogens is 3. The molecule has 9 nitrogen and oxygen atoms in total. The van der Waals surface area contributed by atoms with E-state index in [-0.39, 0.29) is 53.0 Å². The molecule has 212 valence electrons. The summed E-state index contributed by atoms with van der Waals surface area (Å²) in [6, 6.07) is 1.97. The molecule has 4 heterocycles. The summed E-state index contributed by atoms with van der Waals surface area (Å²) in [6.07, 6.45) is 5.82. The quantitative estimate of drug-likeness (QED) is 0.370. The molecule has 3 aromatic rings. The molecule has 12 heteroatoms. The lowest BCUT2D eigenvalue weighted by Crippen LogP contribution is -2.37. The molecule has 0 spiro atoms. The second kappa shape index (κ2) is 9.69. The molecular weight excluding hydrogens is 539 g/mol. The second-order valence-electron chi connectivity index (χ2n) is 10.7. The van der Waals surface area contributed by atoms with Gasteiger partial charge in [0.05, 0.1) is 40.7 Å². The van der Waals surface area contributed by atoms with Gasteiger partial charge in [0.15, 0.2) is 0 Å². The van der Waals surface area contributed by atoms with Gasteiger partial charge in [-0.1, -0.05) is 5.92 Å². The number of nitrogens with one attached hydrogen (secondary N) is 1. The maximum absolute atomic E-state index is 14.1. The Labute approximate surface area is 233 Å². The normalized spacial score (nSPS) is 16.0. The highest BCUT2D eigenvalue weighted by molar-refractivity contribution is 6.49. The van der Waals surface area contributed by atoms with Crippen molar-refractivity contribution in [3.05, 3.63) is 58.8 Å². The molecular formula is C29H26F3N5O4. The number of ether oxygens (including phenoxy) is 1. The number of hydrogen-bond donors (Lipinski definition) is 1. The first-order valence-corrected chi connectivity index (χ1v) is 12.7. The van der Waals surface area contributed by atoms with Crippen LogP contribution >= 0.6 is 0 Å². The zero-order valence-electron chi connectivity index (χ0n) is 22.7. The van der Waals surface area contributed by atoms with Crippen molar-refractivity contribution < 1.29 is 32.3 Å². The fourth-order valence-corrected chi connectivity index (χ4v) is 5.08. The number of imide groups is 1. The molecule has 0 saturated carbocycles. The van der Waals surface area contributed by atoms with E-state index in [1.807, 2.05) is 0 Å². The summed E-state index contributed by atoms with van der Waals surface area (Å²) in [5, 5.41) is 2.40. The number of carbonyl (C=O) groups is 3. The summed E-state index contributed by atoms with van der Waals surface area (Å²) < 4.78 is 51.0. The van der Waals surface area contributed by atoms with E-state index in [1.165, 1.54) is 27.9 Å². The molecule has 0 unspecified atom stereocenters. The lowest BCUT2D eigenvalue weighted by atomic mass is 9.96. The van der Waals surface area contributed by atoms with Gasteiger partial charge >= 0.3 is 12.3 Å². The highest BCUT2D eigenvalue weighted by atomic mass is 19.4. The number of imidazole rings is 1. The highest BCUT2D eigenvalue weighted by Crippen LogP contribution is 2.41. The Balaban J connectivity index is 1.75. The first kappa shape index (κ1) is 27.8. The van der Waals surface area contributed by atoms with Gasteiger partial charge in [-0.3, -0.25) is 14.9 Å². The Morgan fingerprint density at radius 3 is 2.51 bits per heavy atom. The lowest BCUT2D eigenvalue weighted by Gasteiger charge is -2.26. The number of rotatable bonds is 3. The van der Waals surface area contributed by atoms with Crippen molar-refractivity contribution >= 4 is 46.2 Å². The largest absolute Gasteiger partial charge is 0.444 e. The smallest absolute Gasteiger partial charge is 0.416 e. The van der Waals surface area contributed by atoms with Crippen molar-refractivity contribution in [1.29, 1.82) is 0 Å². The van der Waals surface area contributed by atoms with Crippen molar-refractivity contribution in [2.24, 2.45) is 0 Å². The average Bonchev–Trinajstić information content (AvgIpc) is 3.45. The van der Waals surface area contributed by atoms with E-state index in [0.717, 1.165) is 12.1 Å². The van der Waals surface area contributed by atoms with Gasteiger partial charge in [0, 0.05) is 42.5 Å². The van der Waals surface area contributed by atoms with E-state index in [2.05, 4.69) is 16.2 Å². The monoisotopic (exact) mass is 565 g/mol. The van der Waals surface area contributed by atoms with Crippen LogP contribution in [0.25, 0.3) is 28.2 Å². The van der Waals surface area contributed by atoms with Crippen LogP contribution < -0.4 is 5.32 Å². The van der Waals surface area contributed by atoms with Gasteiger partial charge in [0.2, 0.25) is 0 Å². The van der Waals surface area contributed by atoms with Gasteiger partial charge in [-0.25, -0.2) is 9.78 Å². The molecule has 1 N–H and O–H groups in total. The summed E-state index contributed by atoms with van der Waals surface area (Å²) in [7, 11) is 0. The Hall–Kier alpha value is -4.79. The van der Waals surface area contributed by atoms with Gasteiger partial charge in [-0.2, -0.15) is 13.2 Å². The van der Waals surface area contributed by atoms with E-state index in [0.29, 0.717) is 11.3 Å². The molecule has 1 aromatic carbocycles. The highest BCUT2D eigenvalue weighted by Gasteiger charge is 2.38. The fraction of sp³-hybridized carbons (Fsp3) is 0.310. The maximum atomic E-state index is 14.1. The first-order chi connectivity index (χ1) is 19.2. The number of alkyl halides is 3. The van der Waals surface area contributed by atoms with Gasteiger partial charge in [-0.05, 0) is 45.4 Å². The summed E-state index contributed by atoms with van der Waals surface area (Å²) in [6.45, 7) is 7.01. The number of nitrogens with zero attached hydrogens (tertiary/aromatic N) is 4. The van der Waals surface area contributed by atoms with Crippen molar-refractivity contribution in [1.82, 2.24) is 24.3 Å². The SMILES string of the molecule is C#C/C=C\n1c(C2=C(c3cn4c5c(cc(C(F)(F)F)cc35)CN(C(=O)OC(C)(C)C)CC4)C(=O)NC2=O)cnc1C. The minimum Gasteiger partial charge on any atom is -0.444 e. The van der Waals surface area contributed by atoms with E-state index in [9.17, 15) is 27.6 Å². The zero-order valence-corrected chi connectivity index (χ0v) is 22.7. The third-order valence-corrected chi connectivity index (χ3v) is 6.76. The first-order valence-electron chi connectivity index (χ1n) is 12.7. The van der Waals surface area contributed by atoms with Crippen LogP contribution in [0.4, 0.5) is 18.0 Å². The predicted molar refractivity (Wildman–Crippen MR) is 145 cm³/mol. The predicted octanol–water partition coefficient (Wildman–Crippen LogP) is 4.59. The molecule has 3 amide bonds. The molecule has 41 heavy (non-hydrogen) atoms. The number of hydrogen-bond acceptors (Lipinski definition) is 5.